The molecule has 0 spiro atoms. The summed E-state index contributed by atoms with van der Waals surface area (Å²) in [5.41, 5.74) is -0.559. The van der Waals surface area contributed by atoms with Gasteiger partial charge in [-0.25, -0.2) is 0 Å². The number of allylic oxidation sites excluding steroid dienone is 1. The van der Waals surface area contributed by atoms with Crippen molar-refractivity contribution in [1.82, 2.24) is 10.2 Å². The first-order valence-corrected chi connectivity index (χ1v) is 9.21. The largest absolute Gasteiger partial charge is 0.337 e. The average molecular weight is 362 g/mol. The Balaban J connectivity index is 3.18. The van der Waals surface area contributed by atoms with Gasteiger partial charge >= 0.3 is 0 Å². The van der Waals surface area contributed by atoms with Crippen LogP contribution in [-0.2, 0) is 9.59 Å². The molecule has 0 aromatic rings. The van der Waals surface area contributed by atoms with Crippen molar-refractivity contribution in [3.8, 4) is 12.1 Å². The van der Waals surface area contributed by atoms with Gasteiger partial charge in [-0.05, 0) is 34.6 Å². The standard InChI is InChI=1S/C18H26N4O2S/c1-10(2)22(11(3)4)17(24)12(5)25-16-14(9-20)18(6,7)13(8-19)15(23)21-16/h10-13H,1-7H3,(H,21,23)/t12-,13-/m1/s1. The summed E-state index contributed by atoms with van der Waals surface area (Å²) in [6, 6.07) is 4.20. The maximum atomic E-state index is 12.8. The van der Waals surface area contributed by atoms with Crippen LogP contribution in [0, 0.1) is 34.0 Å². The summed E-state index contributed by atoms with van der Waals surface area (Å²) in [4.78, 5) is 26.8. The van der Waals surface area contributed by atoms with Gasteiger partial charge in [0.2, 0.25) is 11.8 Å². The second-order valence-electron chi connectivity index (χ2n) is 7.28. The molecule has 0 unspecified atom stereocenters. The van der Waals surface area contributed by atoms with E-state index >= 15 is 0 Å². The second-order valence-corrected chi connectivity index (χ2v) is 8.63. The molecule has 7 heteroatoms. The molecule has 0 aliphatic carbocycles. The molecule has 25 heavy (non-hydrogen) atoms. The van der Waals surface area contributed by atoms with Crippen LogP contribution in [0.3, 0.4) is 0 Å². The molecule has 1 heterocycles. The van der Waals surface area contributed by atoms with E-state index in [0.717, 1.165) is 0 Å². The van der Waals surface area contributed by atoms with Crippen molar-refractivity contribution in [3.63, 3.8) is 0 Å². The molecule has 2 atom stereocenters. The quantitative estimate of drug-likeness (QED) is 0.811. The normalized spacial score (nSPS) is 20.8. The fraction of sp³-hybridized carbons (Fsp3) is 0.667. The maximum absolute atomic E-state index is 12.8. The van der Waals surface area contributed by atoms with E-state index in [4.69, 9.17) is 0 Å². The SMILES string of the molecule is CC(C)N(C(=O)[C@@H](C)SC1=C(C#N)C(C)(C)[C@H](C#N)C(=O)N1)C(C)C. The molecule has 1 rings (SSSR count). The number of rotatable bonds is 5. The molecule has 2 amide bonds. The lowest BCUT2D eigenvalue weighted by atomic mass is 9.72. The number of nitriles is 2. The Kier molecular flexibility index (Phi) is 6.68. The summed E-state index contributed by atoms with van der Waals surface area (Å²) in [6.07, 6.45) is 0. The third-order valence-electron chi connectivity index (χ3n) is 4.34. The zero-order valence-electron chi connectivity index (χ0n) is 15.9. The fourth-order valence-electron chi connectivity index (χ4n) is 3.06. The Hall–Kier alpha value is -1.99. The van der Waals surface area contributed by atoms with Gasteiger partial charge in [0.15, 0.2) is 0 Å². The van der Waals surface area contributed by atoms with Crippen molar-refractivity contribution in [2.24, 2.45) is 11.3 Å². The maximum Gasteiger partial charge on any atom is 0.243 e. The predicted octanol–water partition coefficient (Wildman–Crippen LogP) is 2.78. The summed E-state index contributed by atoms with van der Waals surface area (Å²) < 4.78 is 0. The molecule has 136 valence electrons. The molecule has 0 radical (unpaired) electrons. The van der Waals surface area contributed by atoms with Crippen molar-refractivity contribution in [2.45, 2.75) is 65.8 Å². The summed E-state index contributed by atoms with van der Waals surface area (Å²) >= 11 is 1.17. The predicted molar refractivity (Wildman–Crippen MR) is 97.8 cm³/mol. The highest BCUT2D eigenvalue weighted by Crippen LogP contribution is 2.42. The lowest BCUT2D eigenvalue weighted by molar-refractivity contribution is -0.134. The summed E-state index contributed by atoms with van der Waals surface area (Å²) in [6.45, 7) is 13.0. The molecule has 0 saturated carbocycles. The number of nitrogens with zero attached hydrogens (tertiary/aromatic N) is 3. The first kappa shape index (κ1) is 21.1. The highest BCUT2D eigenvalue weighted by molar-refractivity contribution is 8.04. The Morgan fingerprint density at radius 2 is 1.72 bits per heavy atom. The highest BCUT2D eigenvalue weighted by Gasteiger charge is 2.45. The van der Waals surface area contributed by atoms with Gasteiger partial charge in [0.1, 0.15) is 5.92 Å². The van der Waals surface area contributed by atoms with Gasteiger partial charge in [0.05, 0.1) is 28.0 Å². The van der Waals surface area contributed by atoms with Gasteiger partial charge < -0.3 is 10.2 Å². The number of carbonyl (C=O) groups is 2. The first-order chi connectivity index (χ1) is 11.5. The number of nitrogens with one attached hydrogen (secondary N) is 1. The minimum absolute atomic E-state index is 0.0470. The van der Waals surface area contributed by atoms with E-state index in [9.17, 15) is 20.1 Å². The van der Waals surface area contributed by atoms with Crippen LogP contribution in [0.2, 0.25) is 0 Å². The van der Waals surface area contributed by atoms with Crippen molar-refractivity contribution >= 4 is 23.6 Å². The summed E-state index contributed by atoms with van der Waals surface area (Å²) in [7, 11) is 0. The van der Waals surface area contributed by atoms with Crippen molar-refractivity contribution < 1.29 is 9.59 Å². The average Bonchev–Trinajstić information content (AvgIpc) is 2.45. The number of carbonyl (C=O) groups excluding carboxylic acids is 2. The monoisotopic (exact) mass is 362 g/mol. The van der Waals surface area contributed by atoms with Crippen molar-refractivity contribution in [3.05, 3.63) is 10.6 Å². The molecule has 0 aromatic heterocycles. The molecular weight excluding hydrogens is 336 g/mol. The molecular formula is C18H26N4O2S. The smallest absolute Gasteiger partial charge is 0.243 e. The Morgan fingerprint density at radius 3 is 2.12 bits per heavy atom. The minimum Gasteiger partial charge on any atom is -0.337 e. The van der Waals surface area contributed by atoms with Crippen molar-refractivity contribution in [2.75, 3.05) is 0 Å². The van der Waals surface area contributed by atoms with Crippen LogP contribution in [-0.4, -0.2) is 34.0 Å². The third-order valence-corrected chi connectivity index (χ3v) is 5.44. The van der Waals surface area contributed by atoms with Gasteiger partial charge in [0.25, 0.3) is 0 Å². The van der Waals surface area contributed by atoms with Crippen LogP contribution >= 0.6 is 11.8 Å². The molecule has 0 bridgehead atoms. The van der Waals surface area contributed by atoms with Crippen LogP contribution < -0.4 is 5.32 Å². The summed E-state index contributed by atoms with van der Waals surface area (Å²) in [5.74, 6) is -1.41. The molecule has 1 N–H and O–H groups in total. The zero-order valence-corrected chi connectivity index (χ0v) is 16.7. The van der Waals surface area contributed by atoms with Crippen LogP contribution in [0.5, 0.6) is 0 Å². The third kappa shape index (κ3) is 4.16. The molecule has 1 aliphatic rings. The fourth-order valence-corrected chi connectivity index (χ4v) is 4.22. The van der Waals surface area contributed by atoms with Crippen LogP contribution in [0.25, 0.3) is 0 Å². The van der Waals surface area contributed by atoms with E-state index in [1.165, 1.54) is 11.8 Å². The zero-order chi connectivity index (χ0) is 19.5. The van der Waals surface area contributed by atoms with E-state index in [2.05, 4.69) is 11.4 Å². The highest BCUT2D eigenvalue weighted by atomic mass is 32.2. The topological polar surface area (TPSA) is 97.0 Å². The lowest BCUT2D eigenvalue weighted by Gasteiger charge is -2.36. The number of hydrogen-bond acceptors (Lipinski definition) is 5. The molecule has 1 aliphatic heterocycles. The number of amides is 2. The Labute approximate surface area is 154 Å². The van der Waals surface area contributed by atoms with E-state index < -0.39 is 22.5 Å². The number of hydrogen-bond donors (Lipinski definition) is 1. The van der Waals surface area contributed by atoms with Crippen LogP contribution in [0.4, 0.5) is 0 Å². The van der Waals surface area contributed by atoms with Crippen molar-refractivity contribution in [1.29, 1.82) is 10.5 Å². The lowest BCUT2D eigenvalue weighted by Crippen LogP contribution is -2.47. The summed E-state index contributed by atoms with van der Waals surface area (Å²) in [5, 5.41) is 21.4. The molecule has 0 saturated heterocycles. The molecule has 0 fully saturated rings. The minimum atomic E-state index is -0.930. The van der Waals surface area contributed by atoms with Crippen LogP contribution in [0.15, 0.2) is 10.6 Å². The second kappa shape index (κ2) is 7.93. The van der Waals surface area contributed by atoms with E-state index in [0.29, 0.717) is 10.6 Å². The van der Waals surface area contributed by atoms with Gasteiger partial charge in [0, 0.05) is 17.5 Å². The van der Waals surface area contributed by atoms with Gasteiger partial charge in [-0.3, -0.25) is 9.59 Å². The van der Waals surface area contributed by atoms with E-state index in [-0.39, 0.29) is 18.0 Å². The van der Waals surface area contributed by atoms with Gasteiger partial charge in [-0.2, -0.15) is 10.5 Å². The Bertz CT molecular complexity index is 660. The van der Waals surface area contributed by atoms with Gasteiger partial charge in [-0.15, -0.1) is 0 Å². The van der Waals surface area contributed by atoms with E-state index in [1.807, 2.05) is 33.8 Å². The first-order valence-electron chi connectivity index (χ1n) is 8.33. The van der Waals surface area contributed by atoms with E-state index in [1.54, 1.807) is 25.7 Å². The Morgan fingerprint density at radius 1 is 1.20 bits per heavy atom. The molecule has 6 nitrogen and oxygen atoms in total. The van der Waals surface area contributed by atoms with Gasteiger partial charge in [-0.1, -0.05) is 25.6 Å². The number of thioether (sulfide) groups is 1. The van der Waals surface area contributed by atoms with Crippen LogP contribution in [0.1, 0.15) is 48.5 Å². The molecule has 0 aromatic carbocycles.